The fraction of sp³-hybridized carbons (Fsp3) is 0.263. The van der Waals surface area contributed by atoms with Crippen LogP contribution in [-0.4, -0.2) is 29.6 Å². The number of methoxy groups -OCH3 is 1. The minimum Gasteiger partial charge on any atom is -0.490 e. The molecule has 0 saturated heterocycles. The second-order valence-corrected chi connectivity index (χ2v) is 6.79. The van der Waals surface area contributed by atoms with Gasteiger partial charge in [0.1, 0.15) is 0 Å². The van der Waals surface area contributed by atoms with Crippen LogP contribution in [-0.2, 0) is 17.0 Å². The summed E-state index contributed by atoms with van der Waals surface area (Å²) in [5.74, 6) is -0.0796. The summed E-state index contributed by atoms with van der Waals surface area (Å²) in [6, 6.07) is 11.8. The number of nitrogens with one attached hydrogen (secondary N) is 2. The topological polar surface area (TPSA) is 111 Å². The van der Waals surface area contributed by atoms with E-state index in [-0.39, 0.29) is 23.1 Å². The number of thioether (sulfide) groups is 1. The molecule has 8 nitrogen and oxygen atoms in total. The highest BCUT2D eigenvalue weighted by atomic mass is 32.2. The molecule has 0 spiro atoms. The van der Waals surface area contributed by atoms with Gasteiger partial charge in [-0.1, -0.05) is 25.1 Å². The Morgan fingerprint density at radius 1 is 1.11 bits per heavy atom. The lowest BCUT2D eigenvalue weighted by atomic mass is 10.1. The van der Waals surface area contributed by atoms with Crippen molar-refractivity contribution in [2.45, 2.75) is 19.1 Å². The highest BCUT2D eigenvalue weighted by Gasteiger charge is 2.15. The number of benzene rings is 2. The highest BCUT2D eigenvalue weighted by molar-refractivity contribution is 7.99. The monoisotopic (exact) mass is 403 g/mol. The smallest absolute Gasteiger partial charge is 0.311 e. The normalized spacial score (nSPS) is 10.2. The number of carbonyl (C=O) groups is 2. The van der Waals surface area contributed by atoms with Crippen molar-refractivity contribution in [1.29, 1.82) is 0 Å². The first-order valence-corrected chi connectivity index (χ1v) is 9.67. The first-order chi connectivity index (χ1) is 13.4. The van der Waals surface area contributed by atoms with Crippen LogP contribution in [0.4, 0.5) is 5.69 Å². The number of carbonyl (C=O) groups excluding carboxylic acids is 2. The Hall–Kier alpha value is -3.07. The summed E-state index contributed by atoms with van der Waals surface area (Å²) in [4.78, 5) is 34.4. The van der Waals surface area contributed by atoms with Crippen molar-refractivity contribution >= 4 is 29.3 Å². The number of nitro benzene ring substituents is 1. The van der Waals surface area contributed by atoms with Crippen molar-refractivity contribution in [3.05, 3.63) is 69.3 Å². The summed E-state index contributed by atoms with van der Waals surface area (Å²) in [6.45, 7) is 2.02. The molecular weight excluding hydrogens is 382 g/mol. The summed E-state index contributed by atoms with van der Waals surface area (Å²) in [5, 5.41) is 11.0. The molecule has 0 saturated carbocycles. The van der Waals surface area contributed by atoms with Crippen LogP contribution in [0.15, 0.2) is 42.5 Å². The summed E-state index contributed by atoms with van der Waals surface area (Å²) in [6.07, 6.45) is 0.882. The molecule has 0 aliphatic heterocycles. The van der Waals surface area contributed by atoms with Gasteiger partial charge in [0.2, 0.25) is 5.91 Å². The van der Waals surface area contributed by atoms with Crippen molar-refractivity contribution < 1.29 is 19.2 Å². The SMILES string of the molecule is CCc1ccc(C(=O)NNC(=O)CSCc2ccc(OC)c([N+](=O)[O-])c2)cc1. The summed E-state index contributed by atoms with van der Waals surface area (Å²) < 4.78 is 4.96. The summed E-state index contributed by atoms with van der Waals surface area (Å²) in [5.41, 5.74) is 6.88. The van der Waals surface area contributed by atoms with Gasteiger partial charge in [-0.3, -0.25) is 30.6 Å². The van der Waals surface area contributed by atoms with Crippen molar-refractivity contribution in [2.75, 3.05) is 12.9 Å². The van der Waals surface area contributed by atoms with Gasteiger partial charge in [-0.05, 0) is 35.7 Å². The quantitative estimate of drug-likeness (QED) is 0.518. The molecule has 9 heteroatoms. The molecular formula is C19H21N3O5S. The number of amides is 2. The molecule has 2 amide bonds. The third-order valence-electron chi connectivity index (χ3n) is 3.88. The van der Waals surface area contributed by atoms with E-state index in [4.69, 9.17) is 4.74 Å². The van der Waals surface area contributed by atoms with Crippen molar-refractivity contribution in [1.82, 2.24) is 10.9 Å². The van der Waals surface area contributed by atoms with Gasteiger partial charge in [0.25, 0.3) is 5.91 Å². The molecule has 0 heterocycles. The van der Waals surface area contributed by atoms with Gasteiger partial charge in [0, 0.05) is 17.4 Å². The minimum absolute atomic E-state index is 0.0921. The molecule has 0 bridgehead atoms. The lowest BCUT2D eigenvalue weighted by molar-refractivity contribution is -0.385. The van der Waals surface area contributed by atoms with E-state index in [1.54, 1.807) is 18.2 Å². The Kier molecular flexibility index (Phi) is 7.82. The van der Waals surface area contributed by atoms with Crippen LogP contribution in [0.1, 0.15) is 28.4 Å². The van der Waals surface area contributed by atoms with E-state index in [9.17, 15) is 19.7 Å². The first-order valence-electron chi connectivity index (χ1n) is 8.51. The molecule has 2 aromatic carbocycles. The molecule has 2 aromatic rings. The molecule has 2 rings (SSSR count). The molecule has 0 aliphatic carbocycles. The Bertz CT molecular complexity index is 855. The zero-order valence-corrected chi connectivity index (χ0v) is 16.4. The molecule has 2 N–H and O–H groups in total. The Morgan fingerprint density at radius 3 is 2.39 bits per heavy atom. The first kappa shape index (κ1) is 21.2. The average molecular weight is 403 g/mol. The standard InChI is InChI=1S/C19H21N3O5S/c1-3-13-4-7-15(8-5-13)19(24)21-20-18(23)12-28-11-14-6-9-17(27-2)16(10-14)22(25)26/h4-10H,3,11-12H2,1-2H3,(H,20,23)(H,21,24). The fourth-order valence-electron chi connectivity index (χ4n) is 2.36. The highest BCUT2D eigenvalue weighted by Crippen LogP contribution is 2.28. The molecule has 0 radical (unpaired) electrons. The minimum atomic E-state index is -0.512. The van der Waals surface area contributed by atoms with Gasteiger partial charge in [-0.2, -0.15) is 0 Å². The van der Waals surface area contributed by atoms with Crippen LogP contribution in [0.2, 0.25) is 0 Å². The summed E-state index contributed by atoms with van der Waals surface area (Å²) in [7, 11) is 1.37. The van der Waals surface area contributed by atoms with Gasteiger partial charge in [0.15, 0.2) is 5.75 Å². The van der Waals surface area contributed by atoms with Crippen LogP contribution >= 0.6 is 11.8 Å². The molecule has 0 fully saturated rings. The van der Waals surface area contributed by atoms with Crippen LogP contribution < -0.4 is 15.6 Å². The van der Waals surface area contributed by atoms with Crippen molar-refractivity contribution in [3.8, 4) is 5.75 Å². The summed E-state index contributed by atoms with van der Waals surface area (Å²) >= 11 is 1.27. The zero-order valence-electron chi connectivity index (χ0n) is 15.6. The van der Waals surface area contributed by atoms with E-state index in [0.29, 0.717) is 16.9 Å². The molecule has 0 aliphatic rings. The van der Waals surface area contributed by atoms with E-state index in [1.807, 2.05) is 19.1 Å². The van der Waals surface area contributed by atoms with Crippen LogP contribution in [0.25, 0.3) is 0 Å². The largest absolute Gasteiger partial charge is 0.490 e. The average Bonchev–Trinajstić information content (AvgIpc) is 2.71. The van der Waals surface area contributed by atoms with Gasteiger partial charge in [-0.15, -0.1) is 11.8 Å². The number of hydrogen-bond acceptors (Lipinski definition) is 6. The predicted molar refractivity (Wildman–Crippen MR) is 107 cm³/mol. The lowest BCUT2D eigenvalue weighted by Crippen LogP contribution is -2.42. The van der Waals surface area contributed by atoms with Crippen LogP contribution in [0, 0.1) is 10.1 Å². The number of hydrazine groups is 1. The van der Waals surface area contributed by atoms with Crippen molar-refractivity contribution in [3.63, 3.8) is 0 Å². The van der Waals surface area contributed by atoms with Gasteiger partial charge in [0.05, 0.1) is 17.8 Å². The van der Waals surface area contributed by atoms with Gasteiger partial charge >= 0.3 is 5.69 Å². The Morgan fingerprint density at radius 2 is 1.79 bits per heavy atom. The number of rotatable bonds is 8. The molecule has 148 valence electrons. The molecule has 28 heavy (non-hydrogen) atoms. The molecule has 0 atom stereocenters. The number of aryl methyl sites for hydroxylation is 1. The third-order valence-corrected chi connectivity index (χ3v) is 4.89. The van der Waals surface area contributed by atoms with E-state index < -0.39 is 10.8 Å². The number of nitro groups is 1. The second-order valence-electron chi connectivity index (χ2n) is 5.81. The van der Waals surface area contributed by atoms with E-state index in [0.717, 1.165) is 12.0 Å². The number of ether oxygens (including phenoxy) is 1. The van der Waals surface area contributed by atoms with Gasteiger partial charge < -0.3 is 4.74 Å². The fourth-order valence-corrected chi connectivity index (χ4v) is 3.13. The Labute approximate surface area is 166 Å². The maximum Gasteiger partial charge on any atom is 0.311 e. The van der Waals surface area contributed by atoms with Crippen LogP contribution in [0.3, 0.4) is 0 Å². The maximum atomic E-state index is 12.0. The number of nitrogens with zero attached hydrogens (tertiary/aromatic N) is 1. The zero-order chi connectivity index (χ0) is 20.5. The molecule has 0 unspecified atom stereocenters. The third kappa shape index (κ3) is 5.98. The Balaban J connectivity index is 1.78. The van der Waals surface area contributed by atoms with E-state index in [2.05, 4.69) is 10.9 Å². The van der Waals surface area contributed by atoms with Crippen LogP contribution in [0.5, 0.6) is 5.75 Å². The predicted octanol–water partition coefficient (Wildman–Crippen LogP) is 2.86. The lowest BCUT2D eigenvalue weighted by Gasteiger charge is -2.08. The van der Waals surface area contributed by atoms with E-state index in [1.165, 1.54) is 31.0 Å². The molecule has 0 aromatic heterocycles. The van der Waals surface area contributed by atoms with Gasteiger partial charge in [-0.25, -0.2) is 0 Å². The van der Waals surface area contributed by atoms with Crippen molar-refractivity contribution in [2.24, 2.45) is 0 Å². The van der Waals surface area contributed by atoms with E-state index >= 15 is 0 Å². The number of hydrogen-bond donors (Lipinski definition) is 2. The maximum absolute atomic E-state index is 12.0. The second kappa shape index (κ2) is 10.3.